The summed E-state index contributed by atoms with van der Waals surface area (Å²) in [5, 5.41) is 17.9. The van der Waals surface area contributed by atoms with Crippen molar-refractivity contribution in [3.8, 4) is 11.3 Å². The van der Waals surface area contributed by atoms with Gasteiger partial charge in [-0.05, 0) is 30.2 Å². The number of benzene rings is 1. The molecule has 0 atom stereocenters. The van der Waals surface area contributed by atoms with Crippen LogP contribution in [0.15, 0.2) is 48.8 Å². The normalized spacial score (nSPS) is 10.5. The number of aryl methyl sites for hydroxylation is 1. The van der Waals surface area contributed by atoms with Gasteiger partial charge in [0.15, 0.2) is 5.82 Å². The van der Waals surface area contributed by atoms with Crippen LogP contribution in [-0.2, 0) is 11.2 Å². The van der Waals surface area contributed by atoms with E-state index >= 15 is 0 Å². The molecule has 2 N–H and O–H groups in total. The van der Waals surface area contributed by atoms with E-state index in [0.29, 0.717) is 23.7 Å². The average Bonchev–Trinajstić information content (AvgIpc) is 3.04. The van der Waals surface area contributed by atoms with Crippen LogP contribution in [0.25, 0.3) is 11.3 Å². The Bertz CT molecular complexity index is 786. The van der Waals surface area contributed by atoms with Crippen LogP contribution >= 0.6 is 11.6 Å². The number of aromatic nitrogens is 4. The molecule has 0 radical (unpaired) electrons. The summed E-state index contributed by atoms with van der Waals surface area (Å²) in [6.07, 6.45) is 4.25. The third-order valence-corrected chi connectivity index (χ3v) is 3.55. The fraction of sp³-hybridized carbons (Fsp3) is 0.125. The van der Waals surface area contributed by atoms with E-state index in [-0.39, 0.29) is 5.91 Å². The predicted molar refractivity (Wildman–Crippen MR) is 88.0 cm³/mol. The monoisotopic (exact) mass is 327 g/mol. The SMILES string of the molecule is O=C(CCc1ccc(Cl)cc1)Nc1cc(-c2ccnnc2)[nH]n1. The highest BCUT2D eigenvalue weighted by atomic mass is 35.5. The molecule has 0 unspecified atom stereocenters. The number of amides is 1. The summed E-state index contributed by atoms with van der Waals surface area (Å²) in [5.74, 6) is 0.392. The molecule has 3 aromatic rings. The first-order valence-electron chi connectivity index (χ1n) is 7.07. The minimum absolute atomic E-state index is 0.0918. The van der Waals surface area contributed by atoms with Crippen molar-refractivity contribution in [2.75, 3.05) is 5.32 Å². The van der Waals surface area contributed by atoms with Gasteiger partial charge in [0.05, 0.1) is 18.1 Å². The minimum atomic E-state index is -0.0918. The van der Waals surface area contributed by atoms with Crippen LogP contribution in [0, 0.1) is 0 Å². The average molecular weight is 328 g/mol. The summed E-state index contributed by atoms with van der Waals surface area (Å²) in [7, 11) is 0. The molecule has 6 nitrogen and oxygen atoms in total. The number of hydrogen-bond acceptors (Lipinski definition) is 4. The topological polar surface area (TPSA) is 83.6 Å². The molecule has 2 heterocycles. The lowest BCUT2D eigenvalue weighted by atomic mass is 10.1. The maximum absolute atomic E-state index is 12.0. The van der Waals surface area contributed by atoms with E-state index in [1.54, 1.807) is 18.5 Å². The van der Waals surface area contributed by atoms with E-state index in [4.69, 9.17) is 11.6 Å². The Morgan fingerprint density at radius 3 is 2.74 bits per heavy atom. The van der Waals surface area contributed by atoms with Crippen LogP contribution in [0.4, 0.5) is 5.82 Å². The molecule has 1 aromatic carbocycles. The van der Waals surface area contributed by atoms with Gasteiger partial charge in [0, 0.05) is 23.1 Å². The Kier molecular flexibility index (Phi) is 4.63. The van der Waals surface area contributed by atoms with Gasteiger partial charge >= 0.3 is 0 Å². The van der Waals surface area contributed by atoms with Crippen LogP contribution in [0.3, 0.4) is 0 Å². The molecule has 0 bridgehead atoms. The van der Waals surface area contributed by atoms with Crippen molar-refractivity contribution >= 4 is 23.3 Å². The first-order chi connectivity index (χ1) is 11.2. The second-order valence-electron chi connectivity index (χ2n) is 4.97. The van der Waals surface area contributed by atoms with Gasteiger partial charge in [-0.15, -0.1) is 0 Å². The van der Waals surface area contributed by atoms with E-state index in [1.165, 1.54) is 0 Å². The van der Waals surface area contributed by atoms with Crippen molar-refractivity contribution in [2.24, 2.45) is 0 Å². The standard InChI is InChI=1S/C16H14ClN5O/c17-13-4-1-11(2-5-13)3-6-16(23)20-15-9-14(21-22-15)12-7-8-18-19-10-12/h1-2,4-5,7-10H,3,6H2,(H2,20,21,22,23). The molecule has 7 heteroatoms. The lowest BCUT2D eigenvalue weighted by Crippen LogP contribution is -2.12. The van der Waals surface area contributed by atoms with Crippen molar-refractivity contribution in [1.82, 2.24) is 20.4 Å². The second kappa shape index (κ2) is 7.02. The van der Waals surface area contributed by atoms with Gasteiger partial charge in [-0.25, -0.2) is 0 Å². The van der Waals surface area contributed by atoms with Gasteiger partial charge < -0.3 is 5.32 Å². The third kappa shape index (κ3) is 4.14. The Morgan fingerprint density at radius 1 is 1.17 bits per heavy atom. The van der Waals surface area contributed by atoms with Crippen LogP contribution in [0.1, 0.15) is 12.0 Å². The van der Waals surface area contributed by atoms with Gasteiger partial charge in [0.2, 0.25) is 5.91 Å². The molecule has 1 amide bonds. The zero-order valence-corrected chi connectivity index (χ0v) is 12.9. The smallest absolute Gasteiger partial charge is 0.225 e. The molecule has 0 aliphatic carbocycles. The number of nitrogens with one attached hydrogen (secondary N) is 2. The Hall–Kier alpha value is -2.73. The highest BCUT2D eigenvalue weighted by Gasteiger charge is 2.08. The maximum atomic E-state index is 12.0. The quantitative estimate of drug-likeness (QED) is 0.754. The maximum Gasteiger partial charge on any atom is 0.225 e. The number of anilines is 1. The van der Waals surface area contributed by atoms with Crippen LogP contribution < -0.4 is 5.32 Å². The first-order valence-corrected chi connectivity index (χ1v) is 7.45. The number of carbonyl (C=O) groups excluding carboxylic acids is 1. The third-order valence-electron chi connectivity index (χ3n) is 3.29. The van der Waals surface area contributed by atoms with Gasteiger partial charge in [-0.3, -0.25) is 9.89 Å². The summed E-state index contributed by atoms with van der Waals surface area (Å²) in [6, 6.07) is 11.0. The van der Waals surface area contributed by atoms with E-state index in [0.717, 1.165) is 16.8 Å². The Balaban J connectivity index is 1.56. The highest BCUT2D eigenvalue weighted by molar-refractivity contribution is 6.30. The lowest BCUT2D eigenvalue weighted by molar-refractivity contribution is -0.116. The number of aromatic amines is 1. The number of nitrogens with zero attached hydrogens (tertiary/aromatic N) is 3. The molecule has 0 aliphatic heterocycles. The molecule has 0 aliphatic rings. The first kappa shape index (κ1) is 15.2. The van der Waals surface area contributed by atoms with E-state index in [1.807, 2.05) is 30.3 Å². The lowest BCUT2D eigenvalue weighted by Gasteiger charge is -2.02. The molecule has 116 valence electrons. The van der Waals surface area contributed by atoms with Gasteiger partial charge in [0.1, 0.15) is 0 Å². The highest BCUT2D eigenvalue weighted by Crippen LogP contribution is 2.18. The van der Waals surface area contributed by atoms with Gasteiger partial charge in [-0.2, -0.15) is 15.3 Å². The van der Waals surface area contributed by atoms with Crippen molar-refractivity contribution < 1.29 is 4.79 Å². The van der Waals surface area contributed by atoms with Gasteiger partial charge in [0.25, 0.3) is 0 Å². The number of halogens is 1. The van der Waals surface area contributed by atoms with Crippen LogP contribution in [-0.4, -0.2) is 26.3 Å². The number of H-pyrrole nitrogens is 1. The van der Waals surface area contributed by atoms with Crippen molar-refractivity contribution in [2.45, 2.75) is 12.8 Å². The summed E-state index contributed by atoms with van der Waals surface area (Å²) in [6.45, 7) is 0. The van der Waals surface area contributed by atoms with Crippen molar-refractivity contribution in [3.05, 3.63) is 59.4 Å². The van der Waals surface area contributed by atoms with E-state index in [9.17, 15) is 4.79 Å². The van der Waals surface area contributed by atoms with E-state index in [2.05, 4.69) is 25.7 Å². The molecule has 23 heavy (non-hydrogen) atoms. The number of carbonyl (C=O) groups is 1. The fourth-order valence-corrected chi connectivity index (χ4v) is 2.22. The zero-order valence-electron chi connectivity index (χ0n) is 12.2. The largest absolute Gasteiger partial charge is 0.309 e. The summed E-state index contributed by atoms with van der Waals surface area (Å²) < 4.78 is 0. The molecule has 0 saturated heterocycles. The molecule has 0 spiro atoms. The minimum Gasteiger partial charge on any atom is -0.309 e. The summed E-state index contributed by atoms with van der Waals surface area (Å²) in [4.78, 5) is 12.0. The zero-order chi connectivity index (χ0) is 16.1. The molecule has 0 fully saturated rings. The Labute approximate surface area is 137 Å². The van der Waals surface area contributed by atoms with Crippen molar-refractivity contribution in [3.63, 3.8) is 0 Å². The predicted octanol–water partition coefficient (Wildman–Crippen LogP) is 3.09. The molecule has 3 rings (SSSR count). The van der Waals surface area contributed by atoms with Crippen molar-refractivity contribution in [1.29, 1.82) is 0 Å². The molecule has 0 saturated carbocycles. The van der Waals surface area contributed by atoms with Gasteiger partial charge in [-0.1, -0.05) is 23.7 Å². The second-order valence-corrected chi connectivity index (χ2v) is 5.41. The molecular formula is C16H14ClN5O. The fourth-order valence-electron chi connectivity index (χ4n) is 2.10. The summed E-state index contributed by atoms with van der Waals surface area (Å²) in [5.41, 5.74) is 2.69. The Morgan fingerprint density at radius 2 is 2.00 bits per heavy atom. The summed E-state index contributed by atoms with van der Waals surface area (Å²) >= 11 is 5.84. The van der Waals surface area contributed by atoms with E-state index < -0.39 is 0 Å². The molecule has 2 aromatic heterocycles. The molecular weight excluding hydrogens is 314 g/mol. The van der Waals surface area contributed by atoms with Crippen LogP contribution in [0.2, 0.25) is 5.02 Å². The van der Waals surface area contributed by atoms with Crippen LogP contribution in [0.5, 0.6) is 0 Å². The number of rotatable bonds is 5. The number of hydrogen-bond donors (Lipinski definition) is 2.